The largest absolute Gasteiger partial charge is 0.459 e. The lowest BCUT2D eigenvalue weighted by molar-refractivity contribution is -0.134. The van der Waals surface area contributed by atoms with Gasteiger partial charge in [0, 0.05) is 26.2 Å². The summed E-state index contributed by atoms with van der Waals surface area (Å²) in [6.45, 7) is 12.2. The van der Waals surface area contributed by atoms with Gasteiger partial charge >= 0.3 is 0 Å². The molecule has 0 bridgehead atoms. The normalized spacial score (nSPS) is 16.1. The van der Waals surface area contributed by atoms with E-state index >= 15 is 0 Å². The van der Waals surface area contributed by atoms with Crippen LogP contribution in [0.3, 0.4) is 0 Å². The summed E-state index contributed by atoms with van der Waals surface area (Å²) < 4.78 is 33.5. The first-order valence-corrected chi connectivity index (χ1v) is 12.1. The molecule has 32 heavy (non-hydrogen) atoms. The molecule has 0 saturated carbocycles. The van der Waals surface area contributed by atoms with Crippen LogP contribution in [0.1, 0.15) is 45.3 Å². The Morgan fingerprint density at radius 1 is 0.938 bits per heavy atom. The van der Waals surface area contributed by atoms with E-state index in [1.54, 1.807) is 17.9 Å². The fraction of sp³-hybridized carbons (Fsp3) is 0.478. The summed E-state index contributed by atoms with van der Waals surface area (Å²) in [7, 11) is -3.69. The molecule has 0 unspecified atom stereocenters. The van der Waals surface area contributed by atoms with Gasteiger partial charge in [-0.2, -0.15) is 4.31 Å². The lowest BCUT2D eigenvalue weighted by Crippen LogP contribution is -2.55. The second-order valence-electron chi connectivity index (χ2n) is 8.36. The van der Waals surface area contributed by atoms with Gasteiger partial charge in [-0.3, -0.25) is 9.59 Å². The Kier molecular flexibility index (Phi) is 6.80. The minimum absolute atomic E-state index is 0.134. The van der Waals surface area contributed by atoms with E-state index in [0.717, 1.165) is 27.8 Å². The van der Waals surface area contributed by atoms with Gasteiger partial charge in [-0.25, -0.2) is 8.42 Å². The molecule has 0 aliphatic carbocycles. The fourth-order valence-corrected chi connectivity index (χ4v) is 6.12. The van der Waals surface area contributed by atoms with Crippen molar-refractivity contribution in [3.63, 3.8) is 0 Å². The molecule has 2 heterocycles. The van der Waals surface area contributed by atoms with Gasteiger partial charge in [0.2, 0.25) is 15.9 Å². The molecule has 2 amide bonds. The summed E-state index contributed by atoms with van der Waals surface area (Å²) in [5.41, 5.74) is 4.64. The van der Waals surface area contributed by atoms with Gasteiger partial charge in [0.15, 0.2) is 5.76 Å². The van der Waals surface area contributed by atoms with Crippen LogP contribution in [0.5, 0.6) is 0 Å². The number of benzene rings is 1. The Hall–Kier alpha value is -2.65. The van der Waals surface area contributed by atoms with E-state index in [2.05, 4.69) is 5.32 Å². The molecule has 174 valence electrons. The Balaban J connectivity index is 1.70. The molecule has 9 heteroatoms. The number of carbonyl (C=O) groups excluding carboxylic acids is 2. The second kappa shape index (κ2) is 9.07. The second-order valence-corrected chi connectivity index (χ2v) is 10.2. The first-order chi connectivity index (χ1) is 15.0. The third-order valence-electron chi connectivity index (χ3n) is 6.54. The van der Waals surface area contributed by atoms with Crippen molar-refractivity contribution in [1.82, 2.24) is 14.5 Å². The number of nitrogens with zero attached hydrogens (tertiary/aromatic N) is 2. The number of piperazine rings is 1. The third kappa shape index (κ3) is 4.31. The zero-order chi connectivity index (χ0) is 23.8. The Morgan fingerprint density at radius 2 is 1.47 bits per heavy atom. The number of carbonyl (C=O) groups is 2. The molecule has 1 N–H and O–H groups in total. The molecule has 1 atom stereocenters. The molecule has 2 aromatic rings. The van der Waals surface area contributed by atoms with Gasteiger partial charge in [0.25, 0.3) is 5.91 Å². The van der Waals surface area contributed by atoms with Crippen LogP contribution in [0, 0.1) is 34.6 Å². The summed E-state index contributed by atoms with van der Waals surface area (Å²) in [5.74, 6) is -0.584. The van der Waals surface area contributed by atoms with E-state index in [9.17, 15) is 18.0 Å². The molecule has 1 fully saturated rings. The monoisotopic (exact) mass is 461 g/mol. The maximum absolute atomic E-state index is 13.5. The van der Waals surface area contributed by atoms with E-state index in [1.807, 2.05) is 34.6 Å². The number of amides is 2. The van der Waals surface area contributed by atoms with E-state index in [1.165, 1.54) is 16.6 Å². The molecule has 1 aromatic carbocycles. The van der Waals surface area contributed by atoms with E-state index < -0.39 is 22.0 Å². The highest BCUT2D eigenvalue weighted by Crippen LogP contribution is 2.32. The average molecular weight is 462 g/mol. The minimum Gasteiger partial charge on any atom is -0.459 e. The van der Waals surface area contributed by atoms with E-state index in [-0.39, 0.29) is 37.8 Å². The SMILES string of the molecule is Cc1c(C)c(C)c(S(=O)(=O)N2CCN(C(=O)[C@H](C)NC(=O)c3ccco3)CC2)c(C)c1C. The van der Waals surface area contributed by atoms with Crippen LogP contribution in [0.2, 0.25) is 0 Å². The predicted octanol–water partition coefficient (Wildman–Crippen LogP) is 2.47. The zero-order valence-electron chi connectivity index (χ0n) is 19.5. The Morgan fingerprint density at radius 3 is 1.97 bits per heavy atom. The number of nitrogens with one attached hydrogen (secondary N) is 1. The van der Waals surface area contributed by atoms with Gasteiger partial charge in [-0.1, -0.05) is 0 Å². The van der Waals surface area contributed by atoms with E-state index in [0.29, 0.717) is 4.90 Å². The van der Waals surface area contributed by atoms with Crippen LogP contribution in [-0.2, 0) is 14.8 Å². The molecular formula is C23H31N3O5S. The fourth-order valence-electron chi connectivity index (χ4n) is 4.14. The predicted molar refractivity (Wildman–Crippen MR) is 121 cm³/mol. The quantitative estimate of drug-likeness (QED) is 0.737. The summed E-state index contributed by atoms with van der Waals surface area (Å²) in [5, 5.41) is 2.62. The van der Waals surface area contributed by atoms with Crippen LogP contribution in [0.15, 0.2) is 27.7 Å². The average Bonchev–Trinajstić information content (AvgIpc) is 3.31. The molecule has 1 aliphatic rings. The van der Waals surface area contributed by atoms with E-state index in [4.69, 9.17) is 4.42 Å². The van der Waals surface area contributed by atoms with Crippen molar-refractivity contribution in [3.05, 3.63) is 52.0 Å². The Bertz CT molecular complexity index is 1100. The maximum atomic E-state index is 13.5. The summed E-state index contributed by atoms with van der Waals surface area (Å²) in [6, 6.07) is 2.37. The standard InChI is InChI=1S/C23H31N3O5S/c1-14-15(2)17(4)21(18(5)16(14)3)32(29,30)26-11-9-25(10-12-26)23(28)19(6)24-22(27)20-8-7-13-31-20/h7-8,13,19H,9-12H2,1-6H3,(H,24,27)/t19-/m0/s1. The van der Waals surface area contributed by atoms with Crippen molar-refractivity contribution in [2.75, 3.05) is 26.2 Å². The van der Waals surface area contributed by atoms with Gasteiger partial charge in [-0.15, -0.1) is 0 Å². The lowest BCUT2D eigenvalue weighted by atomic mass is 9.95. The minimum atomic E-state index is -3.69. The summed E-state index contributed by atoms with van der Waals surface area (Å²) in [4.78, 5) is 26.9. The van der Waals surface area contributed by atoms with Crippen molar-refractivity contribution >= 4 is 21.8 Å². The molecule has 8 nitrogen and oxygen atoms in total. The van der Waals surface area contributed by atoms with Crippen molar-refractivity contribution in [2.24, 2.45) is 0 Å². The van der Waals surface area contributed by atoms with Gasteiger partial charge in [0.05, 0.1) is 11.2 Å². The summed E-state index contributed by atoms with van der Waals surface area (Å²) in [6.07, 6.45) is 1.39. The third-order valence-corrected chi connectivity index (χ3v) is 8.72. The maximum Gasteiger partial charge on any atom is 0.287 e. The molecule has 0 spiro atoms. The first kappa shape index (κ1) is 24.0. The van der Waals surface area contributed by atoms with Crippen LogP contribution in [-0.4, -0.2) is 61.7 Å². The molecule has 1 aromatic heterocycles. The summed E-state index contributed by atoms with van der Waals surface area (Å²) >= 11 is 0. The molecule has 0 radical (unpaired) electrons. The van der Waals surface area contributed by atoms with Crippen molar-refractivity contribution in [1.29, 1.82) is 0 Å². The first-order valence-electron chi connectivity index (χ1n) is 10.7. The highest BCUT2D eigenvalue weighted by Gasteiger charge is 2.34. The zero-order valence-corrected chi connectivity index (χ0v) is 20.3. The highest BCUT2D eigenvalue weighted by molar-refractivity contribution is 7.89. The molecule has 3 rings (SSSR count). The highest BCUT2D eigenvalue weighted by atomic mass is 32.2. The van der Waals surface area contributed by atoms with Gasteiger partial charge in [0.1, 0.15) is 6.04 Å². The molecular weight excluding hydrogens is 430 g/mol. The van der Waals surface area contributed by atoms with Crippen LogP contribution < -0.4 is 5.32 Å². The van der Waals surface area contributed by atoms with Crippen LogP contribution in [0.4, 0.5) is 0 Å². The topological polar surface area (TPSA) is 99.9 Å². The number of rotatable bonds is 5. The van der Waals surface area contributed by atoms with Crippen LogP contribution in [0.25, 0.3) is 0 Å². The number of sulfonamides is 1. The van der Waals surface area contributed by atoms with Crippen molar-refractivity contribution < 1.29 is 22.4 Å². The van der Waals surface area contributed by atoms with Crippen molar-refractivity contribution in [2.45, 2.75) is 52.5 Å². The van der Waals surface area contributed by atoms with Crippen molar-refractivity contribution in [3.8, 4) is 0 Å². The smallest absolute Gasteiger partial charge is 0.287 e. The number of hydrogen-bond acceptors (Lipinski definition) is 5. The Labute approximate surface area is 189 Å². The lowest BCUT2D eigenvalue weighted by Gasteiger charge is -2.36. The van der Waals surface area contributed by atoms with Gasteiger partial charge in [-0.05, 0) is 81.5 Å². The number of furan rings is 1. The van der Waals surface area contributed by atoms with Crippen LogP contribution >= 0.6 is 0 Å². The molecule has 1 aliphatic heterocycles. The number of hydrogen-bond donors (Lipinski definition) is 1. The van der Waals surface area contributed by atoms with Gasteiger partial charge < -0.3 is 14.6 Å². The molecule has 1 saturated heterocycles.